The van der Waals surface area contributed by atoms with Gasteiger partial charge in [0.2, 0.25) is 0 Å². The average molecular weight is 351 g/mol. The number of hydrogen-bond donors (Lipinski definition) is 1. The molecule has 0 aromatic heterocycles. The van der Waals surface area contributed by atoms with E-state index in [1.54, 1.807) is 0 Å². The number of allylic oxidation sites excluding steroid dienone is 2. The highest BCUT2D eigenvalue weighted by atomic mass is 16.3. The molecule has 1 N–H and O–H groups in total. The summed E-state index contributed by atoms with van der Waals surface area (Å²) in [6.07, 6.45) is 25.8. The first-order valence-corrected chi connectivity index (χ1v) is 10.9. The van der Waals surface area contributed by atoms with E-state index in [-0.39, 0.29) is 6.61 Å². The van der Waals surface area contributed by atoms with E-state index in [1.165, 1.54) is 83.5 Å². The Morgan fingerprint density at radius 1 is 0.920 bits per heavy atom. The molecule has 25 heavy (non-hydrogen) atoms. The van der Waals surface area contributed by atoms with Gasteiger partial charge < -0.3 is 5.11 Å². The van der Waals surface area contributed by atoms with Crippen molar-refractivity contribution in [2.75, 3.05) is 19.7 Å². The lowest BCUT2D eigenvalue weighted by Crippen LogP contribution is -2.32. The summed E-state index contributed by atoms with van der Waals surface area (Å²) in [6, 6.07) is 0. The SMILES string of the molecule is CCCCCCCCC/C=C/CCCCCCC1N=CCN1CCO. The molecule has 0 amide bonds. The maximum atomic E-state index is 9.04. The molecule has 1 aliphatic heterocycles. The van der Waals surface area contributed by atoms with Crippen LogP contribution < -0.4 is 0 Å². The summed E-state index contributed by atoms with van der Waals surface area (Å²) in [5, 5.41) is 9.04. The van der Waals surface area contributed by atoms with E-state index in [4.69, 9.17) is 5.11 Å². The van der Waals surface area contributed by atoms with Gasteiger partial charge in [-0.1, -0.05) is 70.4 Å². The minimum absolute atomic E-state index is 0.241. The summed E-state index contributed by atoms with van der Waals surface area (Å²) in [5.41, 5.74) is 0. The minimum Gasteiger partial charge on any atom is -0.395 e. The van der Waals surface area contributed by atoms with Crippen LogP contribution in [0.3, 0.4) is 0 Å². The molecule has 1 rings (SSSR count). The first-order chi connectivity index (χ1) is 12.4. The summed E-state index contributed by atoms with van der Waals surface area (Å²) in [7, 11) is 0. The van der Waals surface area contributed by atoms with Gasteiger partial charge in [0, 0.05) is 19.3 Å². The number of aliphatic imine (C=N–C) groups is 1. The van der Waals surface area contributed by atoms with Crippen LogP contribution in [-0.4, -0.2) is 42.1 Å². The molecule has 0 radical (unpaired) electrons. The predicted molar refractivity (Wildman–Crippen MR) is 110 cm³/mol. The molecule has 146 valence electrons. The average Bonchev–Trinajstić information content (AvgIpc) is 3.06. The Labute approximate surface area is 156 Å². The van der Waals surface area contributed by atoms with Crippen molar-refractivity contribution in [3.8, 4) is 0 Å². The Bertz CT molecular complexity index is 341. The van der Waals surface area contributed by atoms with Gasteiger partial charge >= 0.3 is 0 Å². The van der Waals surface area contributed by atoms with Crippen molar-refractivity contribution in [2.24, 2.45) is 4.99 Å². The first kappa shape index (κ1) is 22.4. The van der Waals surface area contributed by atoms with Crippen LogP contribution in [0.2, 0.25) is 0 Å². The van der Waals surface area contributed by atoms with Crippen molar-refractivity contribution >= 4 is 6.21 Å². The van der Waals surface area contributed by atoms with Crippen LogP contribution in [0.4, 0.5) is 0 Å². The lowest BCUT2D eigenvalue weighted by Gasteiger charge is -2.21. The quantitative estimate of drug-likeness (QED) is 0.269. The highest BCUT2D eigenvalue weighted by Crippen LogP contribution is 2.15. The number of hydrogen-bond acceptors (Lipinski definition) is 3. The number of β-amino-alcohol motifs (C(OH)–C–C–N with tert-alkyl or cyclic N) is 1. The molecule has 0 aromatic carbocycles. The van der Waals surface area contributed by atoms with E-state index < -0.39 is 0 Å². The molecule has 0 saturated heterocycles. The molecule has 1 atom stereocenters. The van der Waals surface area contributed by atoms with Crippen LogP contribution in [0.1, 0.15) is 96.8 Å². The van der Waals surface area contributed by atoms with Gasteiger partial charge in [0.1, 0.15) is 6.17 Å². The van der Waals surface area contributed by atoms with Gasteiger partial charge in [0.05, 0.1) is 6.61 Å². The third kappa shape index (κ3) is 12.3. The van der Waals surface area contributed by atoms with Gasteiger partial charge in [0.25, 0.3) is 0 Å². The molecule has 1 unspecified atom stereocenters. The van der Waals surface area contributed by atoms with E-state index in [1.807, 2.05) is 6.21 Å². The fourth-order valence-electron chi connectivity index (χ4n) is 3.51. The Balaban J connectivity index is 1.81. The van der Waals surface area contributed by atoms with E-state index in [9.17, 15) is 0 Å². The largest absolute Gasteiger partial charge is 0.395 e. The van der Waals surface area contributed by atoms with Gasteiger partial charge in [-0.15, -0.1) is 0 Å². The zero-order valence-corrected chi connectivity index (χ0v) is 16.7. The van der Waals surface area contributed by atoms with Crippen molar-refractivity contribution in [3.63, 3.8) is 0 Å². The van der Waals surface area contributed by atoms with Crippen molar-refractivity contribution in [1.82, 2.24) is 4.90 Å². The lowest BCUT2D eigenvalue weighted by atomic mass is 10.1. The number of aliphatic hydroxyl groups is 1. The summed E-state index contributed by atoms with van der Waals surface area (Å²) in [4.78, 5) is 6.79. The maximum Gasteiger partial charge on any atom is 0.102 e. The second-order valence-corrected chi connectivity index (χ2v) is 7.40. The summed E-state index contributed by atoms with van der Waals surface area (Å²) >= 11 is 0. The number of unbranched alkanes of at least 4 members (excludes halogenated alkanes) is 11. The molecule has 0 spiro atoms. The van der Waals surface area contributed by atoms with Crippen LogP contribution >= 0.6 is 0 Å². The van der Waals surface area contributed by atoms with Crippen molar-refractivity contribution < 1.29 is 5.11 Å². The van der Waals surface area contributed by atoms with Crippen LogP contribution in [-0.2, 0) is 0 Å². The topological polar surface area (TPSA) is 35.8 Å². The Kier molecular flexibility index (Phi) is 15.0. The number of aliphatic hydroxyl groups excluding tert-OH is 1. The molecule has 0 fully saturated rings. The van der Waals surface area contributed by atoms with Gasteiger partial charge in [-0.2, -0.15) is 0 Å². The smallest absolute Gasteiger partial charge is 0.102 e. The standard InChI is InChI=1S/C22H42N2O/c1-2-3-4-5-6-7-8-9-10-11-12-13-14-15-16-17-22-23-18-19-24(22)20-21-25/h10-11,18,22,25H,2-9,12-17,19-21H2,1H3/b11-10+. The van der Waals surface area contributed by atoms with Gasteiger partial charge in [-0.3, -0.25) is 9.89 Å². The van der Waals surface area contributed by atoms with Crippen LogP contribution in [0.25, 0.3) is 0 Å². The molecule has 1 heterocycles. The molecule has 3 heteroatoms. The summed E-state index contributed by atoms with van der Waals surface area (Å²) < 4.78 is 0. The normalized spacial score (nSPS) is 17.9. The fourth-order valence-corrected chi connectivity index (χ4v) is 3.51. The summed E-state index contributed by atoms with van der Waals surface area (Å²) in [5.74, 6) is 0. The maximum absolute atomic E-state index is 9.04. The third-order valence-electron chi connectivity index (χ3n) is 5.13. The second kappa shape index (κ2) is 16.8. The van der Waals surface area contributed by atoms with Gasteiger partial charge in [-0.25, -0.2) is 0 Å². The van der Waals surface area contributed by atoms with Crippen molar-refractivity contribution in [1.29, 1.82) is 0 Å². The molecule has 1 aliphatic rings. The minimum atomic E-state index is 0.241. The highest BCUT2D eigenvalue weighted by molar-refractivity contribution is 5.62. The first-order valence-electron chi connectivity index (χ1n) is 10.9. The third-order valence-corrected chi connectivity index (χ3v) is 5.13. The van der Waals surface area contributed by atoms with Gasteiger partial charge in [0.15, 0.2) is 0 Å². The van der Waals surface area contributed by atoms with Crippen LogP contribution in [0, 0.1) is 0 Å². The van der Waals surface area contributed by atoms with Crippen molar-refractivity contribution in [3.05, 3.63) is 12.2 Å². The highest BCUT2D eigenvalue weighted by Gasteiger charge is 2.19. The molecule has 0 bridgehead atoms. The molecule has 0 aliphatic carbocycles. The zero-order valence-electron chi connectivity index (χ0n) is 16.7. The molecular weight excluding hydrogens is 308 g/mol. The monoisotopic (exact) mass is 350 g/mol. The Morgan fingerprint density at radius 3 is 2.16 bits per heavy atom. The van der Waals surface area contributed by atoms with Crippen molar-refractivity contribution in [2.45, 2.75) is 103 Å². The second-order valence-electron chi connectivity index (χ2n) is 7.40. The molecular formula is C22H42N2O. The molecule has 0 saturated carbocycles. The number of nitrogens with zero attached hydrogens (tertiary/aromatic N) is 2. The molecule has 0 aromatic rings. The van der Waals surface area contributed by atoms with Crippen LogP contribution in [0.5, 0.6) is 0 Å². The summed E-state index contributed by atoms with van der Waals surface area (Å²) in [6.45, 7) is 4.19. The van der Waals surface area contributed by atoms with E-state index >= 15 is 0 Å². The van der Waals surface area contributed by atoms with Crippen LogP contribution in [0.15, 0.2) is 17.1 Å². The zero-order chi connectivity index (χ0) is 18.0. The van der Waals surface area contributed by atoms with E-state index in [2.05, 4.69) is 29.0 Å². The Hall–Kier alpha value is -0.670. The van der Waals surface area contributed by atoms with E-state index in [0.717, 1.165) is 19.5 Å². The fraction of sp³-hybridized carbons (Fsp3) is 0.864. The number of rotatable bonds is 17. The Morgan fingerprint density at radius 2 is 1.52 bits per heavy atom. The molecule has 3 nitrogen and oxygen atoms in total. The lowest BCUT2D eigenvalue weighted by molar-refractivity contribution is 0.176. The predicted octanol–water partition coefficient (Wildman–Crippen LogP) is 5.73. The van der Waals surface area contributed by atoms with Gasteiger partial charge in [-0.05, 0) is 38.5 Å². The van der Waals surface area contributed by atoms with E-state index in [0.29, 0.717) is 6.17 Å².